The number of rotatable bonds is 5. The van der Waals surface area contributed by atoms with E-state index in [0.717, 1.165) is 5.39 Å². The van der Waals surface area contributed by atoms with Crippen LogP contribution >= 0.6 is 11.6 Å². The number of likely N-dealkylation sites (N-methyl/N-ethyl adjacent to an activating group) is 1. The van der Waals surface area contributed by atoms with Gasteiger partial charge in [0.05, 0.1) is 5.02 Å². The summed E-state index contributed by atoms with van der Waals surface area (Å²) in [5, 5.41) is 4.01. The molecule has 7 nitrogen and oxygen atoms in total. The largest absolute Gasteiger partial charge is 0.486 e. The maximum absolute atomic E-state index is 13.0. The standard InChI is InChI=1S/C22H21ClN2O5/c1-3-25(22(27)20-13(2)15-5-4-6-16(23)21(15)30-20)12-19(26)24-14-7-8-17-18(11-14)29-10-9-28-17/h4-8,11H,3,9-10,12H2,1-2H3,(H,24,26). The van der Waals surface area contributed by atoms with Gasteiger partial charge >= 0.3 is 0 Å². The van der Waals surface area contributed by atoms with Crippen molar-refractivity contribution in [3.63, 3.8) is 0 Å². The van der Waals surface area contributed by atoms with Crippen LogP contribution in [0.3, 0.4) is 0 Å². The van der Waals surface area contributed by atoms with Gasteiger partial charge in [-0.25, -0.2) is 0 Å². The van der Waals surface area contributed by atoms with Gasteiger partial charge in [0, 0.05) is 29.2 Å². The SMILES string of the molecule is CCN(CC(=O)Nc1ccc2c(c1)OCCO2)C(=O)c1oc2c(Cl)cccc2c1C. The first-order valence-electron chi connectivity index (χ1n) is 9.64. The molecule has 0 aliphatic carbocycles. The Bertz CT molecular complexity index is 1120. The van der Waals surface area contributed by atoms with Crippen LogP contribution in [0.2, 0.25) is 5.02 Å². The molecule has 0 radical (unpaired) electrons. The van der Waals surface area contributed by atoms with Crippen LogP contribution in [0.5, 0.6) is 11.5 Å². The van der Waals surface area contributed by atoms with Crippen molar-refractivity contribution in [3.8, 4) is 11.5 Å². The molecule has 30 heavy (non-hydrogen) atoms. The second kappa shape index (κ2) is 8.28. The van der Waals surface area contributed by atoms with Crippen LogP contribution < -0.4 is 14.8 Å². The molecule has 1 N–H and O–H groups in total. The van der Waals surface area contributed by atoms with Crippen LogP contribution in [-0.4, -0.2) is 43.0 Å². The maximum Gasteiger partial charge on any atom is 0.290 e. The lowest BCUT2D eigenvalue weighted by atomic mass is 10.1. The van der Waals surface area contributed by atoms with Crippen LogP contribution in [0.25, 0.3) is 11.0 Å². The number of halogens is 1. The molecule has 0 saturated carbocycles. The molecule has 1 aliphatic rings. The monoisotopic (exact) mass is 428 g/mol. The number of carbonyl (C=O) groups excluding carboxylic acids is 2. The van der Waals surface area contributed by atoms with Crippen molar-refractivity contribution in [1.82, 2.24) is 4.90 Å². The van der Waals surface area contributed by atoms with E-state index in [-0.39, 0.29) is 24.1 Å². The Labute approximate surface area is 178 Å². The highest BCUT2D eigenvalue weighted by atomic mass is 35.5. The van der Waals surface area contributed by atoms with E-state index in [1.54, 1.807) is 44.2 Å². The van der Waals surface area contributed by atoms with Crippen molar-refractivity contribution in [2.75, 3.05) is 31.6 Å². The van der Waals surface area contributed by atoms with Crippen molar-refractivity contribution in [2.45, 2.75) is 13.8 Å². The fraction of sp³-hybridized carbons (Fsp3) is 0.273. The molecule has 4 rings (SSSR count). The molecule has 2 aromatic carbocycles. The Balaban J connectivity index is 1.49. The minimum atomic E-state index is -0.361. The van der Waals surface area contributed by atoms with E-state index in [4.69, 9.17) is 25.5 Å². The molecule has 0 saturated heterocycles. The van der Waals surface area contributed by atoms with Gasteiger partial charge in [0.2, 0.25) is 5.91 Å². The maximum atomic E-state index is 13.0. The van der Waals surface area contributed by atoms with E-state index in [9.17, 15) is 9.59 Å². The summed E-state index contributed by atoms with van der Waals surface area (Å²) in [6, 6.07) is 10.5. The molecule has 156 valence electrons. The van der Waals surface area contributed by atoms with Crippen LogP contribution in [0.4, 0.5) is 5.69 Å². The number of ether oxygens (including phenoxy) is 2. The van der Waals surface area contributed by atoms with Gasteiger partial charge in [-0.1, -0.05) is 23.7 Å². The van der Waals surface area contributed by atoms with Crippen molar-refractivity contribution < 1.29 is 23.5 Å². The third-order valence-corrected chi connectivity index (χ3v) is 5.24. The number of hydrogen-bond acceptors (Lipinski definition) is 5. The number of benzene rings is 2. The smallest absolute Gasteiger partial charge is 0.290 e. The summed E-state index contributed by atoms with van der Waals surface area (Å²) in [6.45, 7) is 4.80. The van der Waals surface area contributed by atoms with Gasteiger partial charge < -0.3 is 24.1 Å². The molecule has 3 aromatic rings. The highest BCUT2D eigenvalue weighted by Gasteiger charge is 2.25. The molecule has 1 aliphatic heterocycles. The molecule has 0 fully saturated rings. The predicted octanol–water partition coefficient (Wildman–Crippen LogP) is 4.27. The number of amides is 2. The Hall–Kier alpha value is -3.19. The summed E-state index contributed by atoms with van der Waals surface area (Å²) in [5.41, 5.74) is 1.74. The highest BCUT2D eigenvalue weighted by molar-refractivity contribution is 6.35. The van der Waals surface area contributed by atoms with Gasteiger partial charge in [-0.3, -0.25) is 9.59 Å². The summed E-state index contributed by atoms with van der Waals surface area (Å²) >= 11 is 6.18. The summed E-state index contributed by atoms with van der Waals surface area (Å²) in [4.78, 5) is 27.0. The van der Waals surface area contributed by atoms with Crippen LogP contribution in [0, 0.1) is 6.92 Å². The Morgan fingerprint density at radius 1 is 1.13 bits per heavy atom. The summed E-state index contributed by atoms with van der Waals surface area (Å²) in [7, 11) is 0. The number of anilines is 1. The topological polar surface area (TPSA) is 81.0 Å². The zero-order valence-corrected chi connectivity index (χ0v) is 17.4. The minimum Gasteiger partial charge on any atom is -0.486 e. The lowest BCUT2D eigenvalue weighted by Crippen LogP contribution is -2.38. The van der Waals surface area contributed by atoms with Gasteiger partial charge in [-0.05, 0) is 32.0 Å². The first kappa shape index (κ1) is 20.1. The zero-order valence-electron chi connectivity index (χ0n) is 16.7. The third-order valence-electron chi connectivity index (χ3n) is 4.94. The van der Waals surface area contributed by atoms with E-state index in [1.165, 1.54) is 4.90 Å². The average Bonchev–Trinajstić information content (AvgIpc) is 3.09. The van der Waals surface area contributed by atoms with Crippen LogP contribution in [0.1, 0.15) is 23.0 Å². The van der Waals surface area contributed by atoms with Crippen molar-refractivity contribution in [3.05, 3.63) is 52.7 Å². The fourth-order valence-corrected chi connectivity index (χ4v) is 3.59. The second-order valence-electron chi connectivity index (χ2n) is 6.90. The zero-order chi connectivity index (χ0) is 21.3. The van der Waals surface area contributed by atoms with E-state index >= 15 is 0 Å². The van der Waals surface area contributed by atoms with Crippen molar-refractivity contribution in [1.29, 1.82) is 0 Å². The lowest BCUT2D eigenvalue weighted by Gasteiger charge is -2.21. The van der Waals surface area contributed by atoms with Gasteiger partial charge in [0.15, 0.2) is 22.8 Å². The number of fused-ring (bicyclic) bond motifs is 2. The number of para-hydroxylation sites is 1. The highest BCUT2D eigenvalue weighted by Crippen LogP contribution is 2.33. The molecule has 0 atom stereocenters. The van der Waals surface area contributed by atoms with E-state index in [1.807, 2.05) is 6.07 Å². The Morgan fingerprint density at radius 2 is 1.90 bits per heavy atom. The van der Waals surface area contributed by atoms with E-state index < -0.39 is 0 Å². The number of aryl methyl sites for hydroxylation is 1. The van der Waals surface area contributed by atoms with Crippen molar-refractivity contribution >= 4 is 40.1 Å². The Kier molecular flexibility index (Phi) is 5.55. The molecule has 8 heteroatoms. The average molecular weight is 429 g/mol. The molecule has 2 heterocycles. The number of carbonyl (C=O) groups is 2. The Morgan fingerprint density at radius 3 is 2.63 bits per heavy atom. The van der Waals surface area contributed by atoms with Gasteiger partial charge in [-0.15, -0.1) is 0 Å². The van der Waals surface area contributed by atoms with Crippen LogP contribution in [0.15, 0.2) is 40.8 Å². The van der Waals surface area contributed by atoms with E-state index in [0.29, 0.717) is 53.1 Å². The van der Waals surface area contributed by atoms with Gasteiger partial charge in [-0.2, -0.15) is 0 Å². The van der Waals surface area contributed by atoms with Crippen LogP contribution in [-0.2, 0) is 4.79 Å². The fourth-order valence-electron chi connectivity index (χ4n) is 3.38. The third kappa shape index (κ3) is 3.80. The normalized spacial score (nSPS) is 12.6. The molecule has 1 aromatic heterocycles. The second-order valence-corrected chi connectivity index (χ2v) is 7.31. The molecular formula is C22H21ClN2O5. The number of nitrogens with zero attached hydrogens (tertiary/aromatic N) is 1. The molecule has 2 amide bonds. The number of hydrogen-bond donors (Lipinski definition) is 1. The molecule has 0 spiro atoms. The molecular weight excluding hydrogens is 408 g/mol. The lowest BCUT2D eigenvalue weighted by molar-refractivity contribution is -0.116. The first-order valence-corrected chi connectivity index (χ1v) is 10.0. The minimum absolute atomic E-state index is 0.117. The van der Waals surface area contributed by atoms with Gasteiger partial charge in [0.1, 0.15) is 19.8 Å². The van der Waals surface area contributed by atoms with Gasteiger partial charge in [0.25, 0.3) is 5.91 Å². The van der Waals surface area contributed by atoms with E-state index in [2.05, 4.69) is 5.32 Å². The summed E-state index contributed by atoms with van der Waals surface area (Å²) in [5.74, 6) is 0.723. The predicted molar refractivity (Wildman–Crippen MR) is 114 cm³/mol. The number of nitrogens with one attached hydrogen (secondary N) is 1. The quantitative estimate of drug-likeness (QED) is 0.656. The summed E-state index contributed by atoms with van der Waals surface area (Å²) < 4.78 is 16.8. The van der Waals surface area contributed by atoms with Crippen molar-refractivity contribution in [2.24, 2.45) is 0 Å². The molecule has 0 bridgehead atoms. The summed E-state index contributed by atoms with van der Waals surface area (Å²) in [6.07, 6.45) is 0. The number of furan rings is 1. The molecule has 0 unspecified atom stereocenters. The first-order chi connectivity index (χ1) is 14.5.